The first-order chi connectivity index (χ1) is 13.6. The number of fused-ring (bicyclic) bond motifs is 1. The van der Waals surface area contributed by atoms with E-state index in [9.17, 15) is 14.9 Å². The molecule has 0 bridgehead atoms. The summed E-state index contributed by atoms with van der Waals surface area (Å²) < 4.78 is 0.285. The topological polar surface area (TPSA) is 60.2 Å². The monoisotopic (exact) mass is 437 g/mol. The summed E-state index contributed by atoms with van der Waals surface area (Å²) >= 11 is -0.249. The SMILES string of the molecule is O=C1c2ccccc2C[C@@]1([Se]c1ccccc1)[C@H](C[N+](=O)[O-])c1ccccc1. The maximum absolute atomic E-state index is 13.7. The van der Waals surface area contributed by atoms with Gasteiger partial charge in [0, 0.05) is 0 Å². The van der Waals surface area contributed by atoms with Crippen molar-refractivity contribution in [3.63, 3.8) is 0 Å². The van der Waals surface area contributed by atoms with Crippen LogP contribution in [0.2, 0.25) is 4.31 Å². The van der Waals surface area contributed by atoms with Gasteiger partial charge in [0.2, 0.25) is 0 Å². The fraction of sp³-hybridized carbons (Fsp3) is 0.174. The molecule has 5 heteroatoms. The molecule has 1 aliphatic carbocycles. The summed E-state index contributed by atoms with van der Waals surface area (Å²) in [5.41, 5.74) is 2.57. The van der Waals surface area contributed by atoms with Gasteiger partial charge in [-0.15, -0.1) is 0 Å². The van der Waals surface area contributed by atoms with E-state index in [2.05, 4.69) is 0 Å². The molecule has 3 aromatic rings. The fourth-order valence-electron chi connectivity index (χ4n) is 3.98. The van der Waals surface area contributed by atoms with E-state index in [4.69, 9.17) is 0 Å². The second kappa shape index (κ2) is 7.70. The third kappa shape index (κ3) is 3.39. The number of hydrogen-bond donors (Lipinski definition) is 0. The Labute approximate surface area is 169 Å². The summed E-state index contributed by atoms with van der Waals surface area (Å²) in [5, 5.41) is 11.6. The molecular weight excluding hydrogens is 417 g/mol. The first-order valence-electron chi connectivity index (χ1n) is 9.14. The number of carbonyl (C=O) groups excluding carboxylic acids is 1. The normalized spacial score (nSPS) is 19.2. The van der Waals surface area contributed by atoms with E-state index >= 15 is 0 Å². The summed E-state index contributed by atoms with van der Waals surface area (Å²) in [7, 11) is 0. The average Bonchev–Trinajstić information content (AvgIpc) is 3.00. The van der Waals surface area contributed by atoms with E-state index in [0.717, 1.165) is 15.6 Å². The van der Waals surface area contributed by atoms with Crippen LogP contribution in [-0.2, 0) is 6.42 Å². The number of nitro groups is 1. The predicted octanol–water partition coefficient (Wildman–Crippen LogP) is 3.67. The molecular formula is C23H19NO3Se. The quantitative estimate of drug-likeness (QED) is 0.337. The maximum atomic E-state index is 13.7. The van der Waals surface area contributed by atoms with Gasteiger partial charge in [-0.3, -0.25) is 0 Å². The van der Waals surface area contributed by atoms with Crippen LogP contribution in [0, 0.1) is 10.1 Å². The zero-order valence-electron chi connectivity index (χ0n) is 15.2. The van der Waals surface area contributed by atoms with Crippen LogP contribution >= 0.6 is 0 Å². The molecule has 2 atom stereocenters. The number of carbonyl (C=O) groups is 1. The molecule has 0 unspecified atom stereocenters. The Balaban J connectivity index is 1.87. The van der Waals surface area contributed by atoms with E-state index in [1.807, 2.05) is 84.9 Å². The molecule has 0 saturated carbocycles. The second-order valence-corrected chi connectivity index (χ2v) is 9.89. The van der Waals surface area contributed by atoms with Crippen LogP contribution in [-0.4, -0.2) is 32.2 Å². The van der Waals surface area contributed by atoms with Gasteiger partial charge >= 0.3 is 170 Å². The first-order valence-corrected chi connectivity index (χ1v) is 10.8. The van der Waals surface area contributed by atoms with E-state index in [1.54, 1.807) is 0 Å². The van der Waals surface area contributed by atoms with Crippen molar-refractivity contribution in [2.45, 2.75) is 16.7 Å². The zero-order valence-corrected chi connectivity index (χ0v) is 16.9. The van der Waals surface area contributed by atoms with Gasteiger partial charge in [-0.25, -0.2) is 0 Å². The minimum atomic E-state index is -0.799. The molecule has 4 rings (SSSR count). The molecule has 0 spiro atoms. The Kier molecular flexibility index (Phi) is 5.12. The van der Waals surface area contributed by atoms with Gasteiger partial charge in [0.25, 0.3) is 0 Å². The molecule has 0 aromatic heterocycles. The van der Waals surface area contributed by atoms with Crippen molar-refractivity contribution >= 4 is 25.2 Å². The minimum absolute atomic E-state index is 0.0441. The second-order valence-electron chi connectivity index (χ2n) is 6.95. The van der Waals surface area contributed by atoms with E-state index in [-0.39, 0.29) is 32.2 Å². The van der Waals surface area contributed by atoms with Gasteiger partial charge in [0.05, 0.1) is 0 Å². The summed E-state index contributed by atoms with van der Waals surface area (Å²) in [5.74, 6) is -0.425. The number of rotatable bonds is 6. The third-order valence-electron chi connectivity index (χ3n) is 5.24. The Morgan fingerprint density at radius 2 is 1.54 bits per heavy atom. The Morgan fingerprint density at radius 3 is 2.18 bits per heavy atom. The van der Waals surface area contributed by atoms with Crippen LogP contribution in [0.4, 0.5) is 0 Å². The number of nitrogens with zero attached hydrogens (tertiary/aromatic N) is 1. The van der Waals surface area contributed by atoms with Crippen LogP contribution in [0.5, 0.6) is 0 Å². The van der Waals surface area contributed by atoms with Gasteiger partial charge in [0.15, 0.2) is 0 Å². The van der Waals surface area contributed by atoms with Crippen LogP contribution in [0.1, 0.15) is 27.4 Å². The molecule has 1 aliphatic rings. The molecule has 0 fully saturated rings. The Morgan fingerprint density at radius 1 is 0.929 bits per heavy atom. The molecule has 0 radical (unpaired) electrons. The molecule has 140 valence electrons. The van der Waals surface area contributed by atoms with E-state index in [1.165, 1.54) is 0 Å². The van der Waals surface area contributed by atoms with Gasteiger partial charge in [0.1, 0.15) is 0 Å². The number of benzene rings is 3. The number of ketones is 1. The van der Waals surface area contributed by atoms with Gasteiger partial charge < -0.3 is 0 Å². The molecule has 3 aromatic carbocycles. The molecule has 0 heterocycles. The number of hydrogen-bond acceptors (Lipinski definition) is 3. The number of Topliss-reactive ketones (excluding diaryl/α,β-unsaturated/α-hetero) is 1. The van der Waals surface area contributed by atoms with Crippen molar-refractivity contribution in [3.8, 4) is 0 Å². The summed E-state index contributed by atoms with van der Waals surface area (Å²) in [6, 6.07) is 27.0. The predicted molar refractivity (Wildman–Crippen MR) is 110 cm³/mol. The Bertz CT molecular complexity index is 1010. The molecule has 0 aliphatic heterocycles. The van der Waals surface area contributed by atoms with Crippen LogP contribution < -0.4 is 4.46 Å². The van der Waals surface area contributed by atoms with Crippen molar-refractivity contribution in [2.75, 3.05) is 6.54 Å². The van der Waals surface area contributed by atoms with Gasteiger partial charge in [-0.2, -0.15) is 0 Å². The van der Waals surface area contributed by atoms with Crippen molar-refractivity contribution < 1.29 is 9.72 Å². The molecule has 0 N–H and O–H groups in total. The van der Waals surface area contributed by atoms with Crippen molar-refractivity contribution in [2.24, 2.45) is 0 Å². The standard InChI is InChI=1S/C23H19NO3Se/c25-22-20-14-8-7-11-18(20)15-23(22,28-19-12-5-2-6-13-19)21(16-24(26)27)17-9-3-1-4-10-17/h1-14,21H,15-16H2/t21-,23-/m1/s1. The van der Waals surface area contributed by atoms with Gasteiger partial charge in [-0.05, 0) is 0 Å². The van der Waals surface area contributed by atoms with Crippen LogP contribution in [0.25, 0.3) is 0 Å². The van der Waals surface area contributed by atoms with Crippen molar-refractivity contribution in [1.29, 1.82) is 0 Å². The van der Waals surface area contributed by atoms with E-state index in [0.29, 0.717) is 12.0 Å². The first kappa shape index (κ1) is 18.6. The zero-order chi connectivity index (χ0) is 19.6. The molecule has 0 saturated heterocycles. The summed E-state index contributed by atoms with van der Waals surface area (Å²) in [6.45, 7) is -0.252. The summed E-state index contributed by atoms with van der Waals surface area (Å²) in [6.07, 6.45) is 0.546. The average molecular weight is 436 g/mol. The molecule has 28 heavy (non-hydrogen) atoms. The molecule has 4 nitrogen and oxygen atoms in total. The third-order valence-corrected chi connectivity index (χ3v) is 8.36. The van der Waals surface area contributed by atoms with Crippen molar-refractivity contribution in [3.05, 3.63) is 112 Å². The van der Waals surface area contributed by atoms with Gasteiger partial charge in [-0.1, -0.05) is 0 Å². The summed E-state index contributed by atoms with van der Waals surface area (Å²) in [4.78, 5) is 25.0. The molecule has 0 amide bonds. The van der Waals surface area contributed by atoms with Crippen LogP contribution in [0.3, 0.4) is 0 Å². The van der Waals surface area contributed by atoms with Crippen LogP contribution in [0.15, 0.2) is 84.9 Å². The Hall–Kier alpha value is -2.75. The van der Waals surface area contributed by atoms with Crippen molar-refractivity contribution in [1.82, 2.24) is 0 Å². The van der Waals surface area contributed by atoms with E-state index < -0.39 is 10.2 Å². The fourth-order valence-corrected chi connectivity index (χ4v) is 7.12.